The molecule has 1 heterocycles. The minimum absolute atomic E-state index is 0.513. The summed E-state index contributed by atoms with van der Waals surface area (Å²) < 4.78 is 5.65. The highest BCUT2D eigenvalue weighted by atomic mass is 32.2. The fraction of sp³-hybridized carbons (Fsp3) is 1.00. The number of nitrogens with one attached hydrogen (secondary N) is 1. The number of hydrogen-bond acceptors (Lipinski definition) is 3. The summed E-state index contributed by atoms with van der Waals surface area (Å²) in [4.78, 5) is 0. The van der Waals surface area contributed by atoms with Crippen molar-refractivity contribution < 1.29 is 4.74 Å². The van der Waals surface area contributed by atoms with Crippen LogP contribution in [0.4, 0.5) is 0 Å². The molecule has 1 fully saturated rings. The minimum atomic E-state index is 0.513. The molecule has 1 saturated heterocycles. The summed E-state index contributed by atoms with van der Waals surface area (Å²) in [6.45, 7) is 5.51. The standard InChI is InChI=1S/C12H25NOS/c1-4-11(9-15-3)13-10(2)8-12-6-5-7-14-12/h10-13H,4-9H2,1-3H3. The second-order valence-electron chi connectivity index (χ2n) is 4.50. The summed E-state index contributed by atoms with van der Waals surface area (Å²) in [5.41, 5.74) is 0. The average molecular weight is 231 g/mol. The zero-order valence-electron chi connectivity index (χ0n) is 10.3. The second-order valence-corrected chi connectivity index (χ2v) is 5.41. The van der Waals surface area contributed by atoms with Gasteiger partial charge in [-0.3, -0.25) is 0 Å². The minimum Gasteiger partial charge on any atom is -0.378 e. The molecule has 1 rings (SSSR count). The molecule has 3 unspecified atom stereocenters. The molecule has 0 aliphatic carbocycles. The van der Waals surface area contributed by atoms with Crippen molar-refractivity contribution in [3.8, 4) is 0 Å². The van der Waals surface area contributed by atoms with E-state index in [1.54, 1.807) is 0 Å². The van der Waals surface area contributed by atoms with E-state index < -0.39 is 0 Å². The average Bonchev–Trinajstić information content (AvgIpc) is 2.69. The van der Waals surface area contributed by atoms with Crippen LogP contribution < -0.4 is 5.32 Å². The van der Waals surface area contributed by atoms with E-state index in [0.29, 0.717) is 18.2 Å². The molecule has 0 aromatic heterocycles. The van der Waals surface area contributed by atoms with Crippen LogP contribution in [0, 0.1) is 0 Å². The van der Waals surface area contributed by atoms with Crippen LogP contribution >= 0.6 is 11.8 Å². The Morgan fingerprint density at radius 1 is 1.53 bits per heavy atom. The lowest BCUT2D eigenvalue weighted by Gasteiger charge is -2.23. The molecule has 0 bridgehead atoms. The summed E-state index contributed by atoms with van der Waals surface area (Å²) in [5.74, 6) is 1.21. The van der Waals surface area contributed by atoms with Crippen LogP contribution in [0.25, 0.3) is 0 Å². The maximum atomic E-state index is 5.65. The van der Waals surface area contributed by atoms with E-state index in [9.17, 15) is 0 Å². The van der Waals surface area contributed by atoms with Gasteiger partial charge in [-0.15, -0.1) is 0 Å². The van der Waals surface area contributed by atoms with Crippen molar-refractivity contribution in [3.63, 3.8) is 0 Å². The lowest BCUT2D eigenvalue weighted by molar-refractivity contribution is 0.0952. The van der Waals surface area contributed by atoms with Gasteiger partial charge in [-0.25, -0.2) is 0 Å². The van der Waals surface area contributed by atoms with Crippen LogP contribution in [0.15, 0.2) is 0 Å². The van der Waals surface area contributed by atoms with Gasteiger partial charge in [0.1, 0.15) is 0 Å². The molecule has 2 nitrogen and oxygen atoms in total. The van der Waals surface area contributed by atoms with Gasteiger partial charge in [0.2, 0.25) is 0 Å². The van der Waals surface area contributed by atoms with Crippen LogP contribution in [0.5, 0.6) is 0 Å². The number of ether oxygens (including phenoxy) is 1. The van der Waals surface area contributed by atoms with Gasteiger partial charge in [0.15, 0.2) is 0 Å². The normalized spacial score (nSPS) is 25.4. The Morgan fingerprint density at radius 3 is 2.87 bits per heavy atom. The summed E-state index contributed by atoms with van der Waals surface area (Å²) in [6, 6.07) is 1.25. The molecule has 1 aliphatic rings. The molecular weight excluding hydrogens is 206 g/mol. The first kappa shape index (κ1) is 13.3. The zero-order valence-corrected chi connectivity index (χ0v) is 11.1. The predicted octanol–water partition coefficient (Wildman–Crippen LogP) is 2.68. The van der Waals surface area contributed by atoms with E-state index in [1.807, 2.05) is 11.8 Å². The highest BCUT2D eigenvalue weighted by Gasteiger charge is 2.19. The molecular formula is C12H25NOS. The first-order valence-electron chi connectivity index (χ1n) is 6.12. The molecule has 0 amide bonds. The topological polar surface area (TPSA) is 21.3 Å². The van der Waals surface area contributed by atoms with E-state index in [0.717, 1.165) is 6.61 Å². The predicted molar refractivity (Wildman–Crippen MR) is 68.6 cm³/mol. The smallest absolute Gasteiger partial charge is 0.0590 e. The van der Waals surface area contributed by atoms with Crippen molar-refractivity contribution in [1.82, 2.24) is 5.32 Å². The van der Waals surface area contributed by atoms with Gasteiger partial charge < -0.3 is 10.1 Å². The van der Waals surface area contributed by atoms with Crippen molar-refractivity contribution in [2.45, 2.75) is 57.7 Å². The molecule has 90 valence electrons. The summed E-state index contributed by atoms with van der Waals surface area (Å²) in [6.07, 6.45) is 7.58. The molecule has 0 spiro atoms. The number of hydrogen-bond donors (Lipinski definition) is 1. The fourth-order valence-corrected chi connectivity index (χ4v) is 2.91. The van der Waals surface area contributed by atoms with Gasteiger partial charge in [-0.05, 0) is 38.9 Å². The molecule has 0 radical (unpaired) electrons. The first-order valence-corrected chi connectivity index (χ1v) is 7.52. The van der Waals surface area contributed by atoms with Crippen LogP contribution in [-0.4, -0.2) is 36.8 Å². The largest absolute Gasteiger partial charge is 0.378 e. The molecule has 0 aromatic rings. The molecule has 1 aliphatic heterocycles. The first-order chi connectivity index (χ1) is 7.26. The maximum absolute atomic E-state index is 5.65. The Morgan fingerprint density at radius 2 is 2.33 bits per heavy atom. The van der Waals surface area contributed by atoms with Crippen LogP contribution in [-0.2, 0) is 4.74 Å². The SMILES string of the molecule is CCC(CSC)NC(C)CC1CCCO1. The lowest BCUT2D eigenvalue weighted by Crippen LogP contribution is -2.39. The molecule has 1 N–H and O–H groups in total. The second kappa shape index (κ2) is 7.53. The Labute approximate surface area is 98.5 Å². The van der Waals surface area contributed by atoms with Gasteiger partial charge in [-0.1, -0.05) is 6.92 Å². The number of rotatable bonds is 7. The molecule has 15 heavy (non-hydrogen) atoms. The molecule has 3 atom stereocenters. The summed E-state index contributed by atoms with van der Waals surface area (Å²) in [5, 5.41) is 3.69. The maximum Gasteiger partial charge on any atom is 0.0590 e. The van der Waals surface area contributed by atoms with Crippen molar-refractivity contribution in [2.75, 3.05) is 18.6 Å². The zero-order chi connectivity index (χ0) is 11.1. The summed E-state index contributed by atoms with van der Waals surface area (Å²) >= 11 is 1.93. The Bertz CT molecular complexity index is 160. The Hall–Kier alpha value is 0.270. The van der Waals surface area contributed by atoms with Crippen molar-refractivity contribution >= 4 is 11.8 Å². The van der Waals surface area contributed by atoms with E-state index in [4.69, 9.17) is 4.74 Å². The van der Waals surface area contributed by atoms with Gasteiger partial charge >= 0.3 is 0 Å². The molecule has 0 saturated carbocycles. The molecule has 0 aromatic carbocycles. The monoisotopic (exact) mass is 231 g/mol. The summed E-state index contributed by atoms with van der Waals surface area (Å²) in [7, 11) is 0. The van der Waals surface area contributed by atoms with Crippen LogP contribution in [0.2, 0.25) is 0 Å². The van der Waals surface area contributed by atoms with Gasteiger partial charge in [0, 0.05) is 24.4 Å². The lowest BCUT2D eigenvalue weighted by atomic mass is 10.1. The van der Waals surface area contributed by atoms with Gasteiger partial charge in [0.05, 0.1) is 6.10 Å². The Kier molecular flexibility index (Phi) is 6.69. The van der Waals surface area contributed by atoms with Crippen molar-refractivity contribution in [1.29, 1.82) is 0 Å². The van der Waals surface area contributed by atoms with E-state index >= 15 is 0 Å². The number of thioether (sulfide) groups is 1. The van der Waals surface area contributed by atoms with Gasteiger partial charge in [0.25, 0.3) is 0 Å². The third-order valence-corrected chi connectivity index (χ3v) is 3.76. The van der Waals surface area contributed by atoms with Crippen LogP contribution in [0.1, 0.15) is 39.5 Å². The van der Waals surface area contributed by atoms with E-state index in [2.05, 4.69) is 25.4 Å². The Balaban J connectivity index is 2.17. The van der Waals surface area contributed by atoms with Crippen molar-refractivity contribution in [3.05, 3.63) is 0 Å². The third kappa shape index (κ3) is 5.23. The van der Waals surface area contributed by atoms with E-state index in [-0.39, 0.29) is 0 Å². The fourth-order valence-electron chi connectivity index (χ4n) is 2.18. The third-order valence-electron chi connectivity index (χ3n) is 3.02. The highest BCUT2D eigenvalue weighted by Crippen LogP contribution is 2.17. The van der Waals surface area contributed by atoms with Gasteiger partial charge in [-0.2, -0.15) is 11.8 Å². The van der Waals surface area contributed by atoms with E-state index in [1.165, 1.54) is 31.4 Å². The molecule has 3 heteroatoms. The quantitative estimate of drug-likeness (QED) is 0.728. The van der Waals surface area contributed by atoms with Crippen molar-refractivity contribution in [2.24, 2.45) is 0 Å². The van der Waals surface area contributed by atoms with Crippen LogP contribution in [0.3, 0.4) is 0 Å². The highest BCUT2D eigenvalue weighted by molar-refractivity contribution is 7.98.